The number of alkyl halides is 3. The van der Waals surface area contributed by atoms with Gasteiger partial charge in [-0.3, -0.25) is 4.90 Å². The van der Waals surface area contributed by atoms with Gasteiger partial charge < -0.3 is 9.88 Å². The molecule has 1 saturated heterocycles. The van der Waals surface area contributed by atoms with Crippen LogP contribution in [0.5, 0.6) is 0 Å². The lowest BCUT2D eigenvalue weighted by Gasteiger charge is -2.37. The summed E-state index contributed by atoms with van der Waals surface area (Å²) in [7, 11) is 0. The van der Waals surface area contributed by atoms with Crippen molar-refractivity contribution in [1.29, 1.82) is 5.26 Å². The highest BCUT2D eigenvalue weighted by atomic mass is 19.4. The molecule has 1 aromatic heterocycles. The first-order chi connectivity index (χ1) is 15.0. The SMILES string of the molecule is N#Cc1ccc2[nH]cc(CCCCN3CCN(c4ccccc4C(F)(F)F)CC3)c2c1. The van der Waals surface area contributed by atoms with Gasteiger partial charge in [-0.15, -0.1) is 0 Å². The molecule has 1 aliphatic heterocycles. The summed E-state index contributed by atoms with van der Waals surface area (Å²) in [4.78, 5) is 7.43. The minimum absolute atomic E-state index is 0.283. The van der Waals surface area contributed by atoms with Gasteiger partial charge in [0, 0.05) is 49.0 Å². The van der Waals surface area contributed by atoms with Crippen LogP contribution in [0.4, 0.5) is 18.9 Å². The average molecular weight is 426 g/mol. The summed E-state index contributed by atoms with van der Waals surface area (Å²) in [6.07, 6.45) is 0.686. The van der Waals surface area contributed by atoms with Crippen LogP contribution in [0, 0.1) is 11.3 Å². The summed E-state index contributed by atoms with van der Waals surface area (Å²) < 4.78 is 39.9. The fourth-order valence-corrected chi connectivity index (χ4v) is 4.31. The number of benzene rings is 2. The Labute approximate surface area is 179 Å². The van der Waals surface area contributed by atoms with E-state index in [1.54, 1.807) is 12.1 Å². The monoisotopic (exact) mass is 426 g/mol. The van der Waals surface area contributed by atoms with Crippen LogP contribution >= 0.6 is 0 Å². The quantitative estimate of drug-likeness (QED) is 0.551. The second kappa shape index (κ2) is 9.03. The molecular formula is C24H25F3N4. The standard InChI is InChI=1S/C24H25F3N4/c25-24(26,27)21-6-1-2-7-23(21)31-13-11-30(12-14-31)10-4-3-5-19-17-29-22-9-8-18(16-28)15-20(19)22/h1-2,6-9,15,17,29H,3-5,10-14H2. The number of piperazine rings is 1. The van der Waals surface area contributed by atoms with Crippen molar-refractivity contribution in [3.8, 4) is 6.07 Å². The van der Waals surface area contributed by atoms with E-state index in [4.69, 9.17) is 5.26 Å². The minimum Gasteiger partial charge on any atom is -0.368 e. The van der Waals surface area contributed by atoms with Gasteiger partial charge in [0.15, 0.2) is 0 Å². The number of anilines is 1. The average Bonchev–Trinajstić information content (AvgIpc) is 3.18. The van der Waals surface area contributed by atoms with E-state index in [2.05, 4.69) is 16.0 Å². The minimum atomic E-state index is -4.33. The van der Waals surface area contributed by atoms with Crippen LogP contribution in [0.1, 0.15) is 29.5 Å². The first-order valence-corrected chi connectivity index (χ1v) is 10.6. The van der Waals surface area contributed by atoms with E-state index in [1.807, 2.05) is 29.3 Å². The first-order valence-electron chi connectivity index (χ1n) is 10.6. The maximum absolute atomic E-state index is 13.3. The normalized spacial score (nSPS) is 15.4. The molecule has 1 fully saturated rings. The zero-order valence-corrected chi connectivity index (χ0v) is 17.3. The number of fused-ring (bicyclic) bond motifs is 1. The Morgan fingerprint density at radius 2 is 1.77 bits per heavy atom. The molecule has 0 unspecified atom stereocenters. The third-order valence-corrected chi connectivity index (χ3v) is 5.99. The maximum Gasteiger partial charge on any atom is 0.418 e. The van der Waals surface area contributed by atoms with E-state index in [0.29, 0.717) is 18.7 Å². The summed E-state index contributed by atoms with van der Waals surface area (Å²) in [6, 6.07) is 13.7. The second-order valence-corrected chi connectivity index (χ2v) is 7.99. The molecule has 0 radical (unpaired) electrons. The molecule has 2 heterocycles. The van der Waals surface area contributed by atoms with Crippen LogP contribution in [0.15, 0.2) is 48.7 Å². The molecule has 0 spiro atoms. The van der Waals surface area contributed by atoms with Gasteiger partial charge in [0.1, 0.15) is 0 Å². The summed E-state index contributed by atoms with van der Waals surface area (Å²) >= 11 is 0. The van der Waals surface area contributed by atoms with Crippen LogP contribution in [0.2, 0.25) is 0 Å². The van der Waals surface area contributed by atoms with Crippen molar-refractivity contribution >= 4 is 16.6 Å². The number of aromatic amines is 1. The van der Waals surface area contributed by atoms with Gasteiger partial charge in [-0.1, -0.05) is 12.1 Å². The number of hydrogen-bond acceptors (Lipinski definition) is 3. The number of rotatable bonds is 6. The Hall–Kier alpha value is -2.98. The van der Waals surface area contributed by atoms with E-state index in [-0.39, 0.29) is 5.69 Å². The van der Waals surface area contributed by atoms with Gasteiger partial charge >= 0.3 is 6.18 Å². The number of para-hydroxylation sites is 1. The lowest BCUT2D eigenvalue weighted by Crippen LogP contribution is -2.47. The third-order valence-electron chi connectivity index (χ3n) is 5.99. The van der Waals surface area contributed by atoms with Gasteiger partial charge in [0.2, 0.25) is 0 Å². The molecule has 0 amide bonds. The molecule has 4 rings (SSSR count). The van der Waals surface area contributed by atoms with Crippen molar-refractivity contribution in [3.05, 3.63) is 65.4 Å². The molecule has 0 atom stereocenters. The summed E-state index contributed by atoms with van der Waals surface area (Å²) in [6.45, 7) is 3.69. The van der Waals surface area contributed by atoms with E-state index < -0.39 is 11.7 Å². The Bertz CT molecular complexity index is 1070. The number of hydrogen-bond donors (Lipinski definition) is 1. The van der Waals surface area contributed by atoms with Crippen molar-refractivity contribution in [1.82, 2.24) is 9.88 Å². The zero-order chi connectivity index (χ0) is 21.8. The predicted octanol–water partition coefficient (Wildman–Crippen LogP) is 5.20. The fourth-order valence-electron chi connectivity index (χ4n) is 4.31. The molecule has 7 heteroatoms. The van der Waals surface area contributed by atoms with Crippen molar-refractivity contribution in [3.63, 3.8) is 0 Å². The number of H-pyrrole nitrogens is 1. The number of nitrogens with zero attached hydrogens (tertiary/aromatic N) is 3. The molecule has 2 aromatic carbocycles. The number of aromatic nitrogens is 1. The Kier molecular flexibility index (Phi) is 6.19. The molecule has 0 saturated carbocycles. The van der Waals surface area contributed by atoms with E-state index >= 15 is 0 Å². The van der Waals surface area contributed by atoms with Crippen molar-refractivity contribution < 1.29 is 13.2 Å². The highest BCUT2D eigenvalue weighted by Gasteiger charge is 2.35. The molecule has 1 aliphatic rings. The van der Waals surface area contributed by atoms with Gasteiger partial charge in [-0.25, -0.2) is 0 Å². The number of unbranched alkanes of at least 4 members (excludes halogenated alkanes) is 1. The van der Waals surface area contributed by atoms with Crippen molar-refractivity contribution in [2.24, 2.45) is 0 Å². The van der Waals surface area contributed by atoms with Gasteiger partial charge in [0.25, 0.3) is 0 Å². The topological polar surface area (TPSA) is 46.1 Å². The first kappa shape index (κ1) is 21.3. The highest BCUT2D eigenvalue weighted by Crippen LogP contribution is 2.36. The Morgan fingerprint density at radius 3 is 2.52 bits per heavy atom. The summed E-state index contributed by atoms with van der Waals surface area (Å²) in [5.74, 6) is 0. The Balaban J connectivity index is 1.26. The van der Waals surface area contributed by atoms with Crippen molar-refractivity contribution in [2.75, 3.05) is 37.6 Å². The van der Waals surface area contributed by atoms with Crippen LogP contribution in [0.3, 0.4) is 0 Å². The van der Waals surface area contributed by atoms with E-state index in [1.165, 1.54) is 11.6 Å². The van der Waals surface area contributed by atoms with Crippen molar-refractivity contribution in [2.45, 2.75) is 25.4 Å². The van der Waals surface area contributed by atoms with Gasteiger partial charge in [-0.2, -0.15) is 18.4 Å². The number of aryl methyl sites for hydroxylation is 1. The predicted molar refractivity (Wildman–Crippen MR) is 116 cm³/mol. The molecule has 1 N–H and O–H groups in total. The maximum atomic E-state index is 13.3. The van der Waals surface area contributed by atoms with Gasteiger partial charge in [-0.05, 0) is 61.7 Å². The number of halogens is 3. The summed E-state index contributed by atoms with van der Waals surface area (Å²) in [5, 5.41) is 10.2. The number of nitrogens with one attached hydrogen (secondary N) is 1. The van der Waals surface area contributed by atoms with E-state index in [9.17, 15) is 13.2 Å². The fraction of sp³-hybridized carbons (Fsp3) is 0.375. The molecule has 0 bridgehead atoms. The summed E-state index contributed by atoms with van der Waals surface area (Å²) in [5.41, 5.74) is 2.66. The molecular weight excluding hydrogens is 401 g/mol. The molecule has 4 nitrogen and oxygen atoms in total. The van der Waals surface area contributed by atoms with Crippen LogP contribution in [-0.2, 0) is 12.6 Å². The number of nitriles is 1. The highest BCUT2D eigenvalue weighted by molar-refractivity contribution is 5.84. The molecule has 3 aromatic rings. The smallest absolute Gasteiger partial charge is 0.368 e. The second-order valence-electron chi connectivity index (χ2n) is 7.99. The lowest BCUT2D eigenvalue weighted by atomic mass is 10.0. The molecule has 0 aliphatic carbocycles. The third kappa shape index (κ3) is 4.86. The van der Waals surface area contributed by atoms with E-state index in [0.717, 1.165) is 55.9 Å². The van der Waals surface area contributed by atoms with Crippen LogP contribution in [0.25, 0.3) is 10.9 Å². The largest absolute Gasteiger partial charge is 0.418 e. The van der Waals surface area contributed by atoms with Crippen LogP contribution < -0.4 is 4.90 Å². The van der Waals surface area contributed by atoms with Gasteiger partial charge in [0.05, 0.1) is 17.2 Å². The van der Waals surface area contributed by atoms with Crippen LogP contribution in [-0.4, -0.2) is 42.6 Å². The molecule has 162 valence electrons. The molecule has 31 heavy (non-hydrogen) atoms. The lowest BCUT2D eigenvalue weighted by molar-refractivity contribution is -0.137. The zero-order valence-electron chi connectivity index (χ0n) is 17.3. The Morgan fingerprint density at radius 1 is 1.00 bits per heavy atom.